The summed E-state index contributed by atoms with van der Waals surface area (Å²) in [5.41, 5.74) is 3.98. The molecular weight excluding hydrogens is 373 g/mol. The number of pyridine rings is 1. The summed E-state index contributed by atoms with van der Waals surface area (Å²) in [4.78, 5) is 8.78. The van der Waals surface area contributed by atoms with Crippen LogP contribution in [0.25, 0.3) is 21.3 Å². The number of nitrogens with one attached hydrogen (secondary N) is 1. The summed E-state index contributed by atoms with van der Waals surface area (Å²) in [6.45, 7) is 3.99. The van der Waals surface area contributed by atoms with Crippen molar-refractivity contribution in [1.82, 2.24) is 15.3 Å². The maximum atomic E-state index is 13.1. The van der Waals surface area contributed by atoms with Gasteiger partial charge < -0.3 is 10.1 Å². The molecule has 28 heavy (non-hydrogen) atoms. The highest BCUT2D eigenvalue weighted by Crippen LogP contribution is 2.25. The van der Waals surface area contributed by atoms with E-state index in [2.05, 4.69) is 27.4 Å². The summed E-state index contributed by atoms with van der Waals surface area (Å²) in [5.74, 6) is 0.596. The first kappa shape index (κ1) is 18.5. The highest BCUT2D eigenvalue weighted by atomic mass is 32.1. The third kappa shape index (κ3) is 4.52. The van der Waals surface area contributed by atoms with Crippen molar-refractivity contribution in [3.05, 3.63) is 77.3 Å². The van der Waals surface area contributed by atoms with Crippen molar-refractivity contribution in [2.75, 3.05) is 13.2 Å². The summed E-state index contributed by atoms with van der Waals surface area (Å²) in [6, 6.07) is 14.5. The predicted molar refractivity (Wildman–Crippen MR) is 111 cm³/mol. The van der Waals surface area contributed by atoms with Crippen molar-refractivity contribution in [1.29, 1.82) is 0 Å². The van der Waals surface area contributed by atoms with E-state index < -0.39 is 0 Å². The quantitative estimate of drug-likeness (QED) is 0.450. The fourth-order valence-electron chi connectivity index (χ4n) is 2.97. The average molecular weight is 393 g/mol. The van der Waals surface area contributed by atoms with Crippen LogP contribution >= 0.6 is 11.3 Å². The number of benzene rings is 2. The van der Waals surface area contributed by atoms with E-state index in [-0.39, 0.29) is 5.82 Å². The molecule has 2 heterocycles. The van der Waals surface area contributed by atoms with E-state index in [1.165, 1.54) is 16.8 Å². The second-order valence-electron chi connectivity index (χ2n) is 6.48. The molecule has 0 fully saturated rings. The van der Waals surface area contributed by atoms with Gasteiger partial charge in [-0.15, -0.1) is 11.3 Å². The molecule has 0 bridgehead atoms. The summed E-state index contributed by atoms with van der Waals surface area (Å²) in [5, 5.41) is 4.42. The first-order chi connectivity index (χ1) is 13.7. The van der Waals surface area contributed by atoms with Gasteiger partial charge in [-0.05, 0) is 48.4 Å². The van der Waals surface area contributed by atoms with Crippen LogP contribution in [0.15, 0.2) is 60.9 Å². The molecular formula is C22H20FN3OS. The molecule has 142 valence electrons. The van der Waals surface area contributed by atoms with Crippen LogP contribution in [0.2, 0.25) is 0 Å². The molecule has 2 aromatic carbocycles. The minimum atomic E-state index is -0.237. The number of fused-ring (bicyclic) bond motifs is 1. The maximum Gasteiger partial charge on any atom is 0.123 e. The molecule has 0 aliphatic carbocycles. The van der Waals surface area contributed by atoms with Gasteiger partial charge in [0.15, 0.2) is 0 Å². The Morgan fingerprint density at radius 1 is 1.04 bits per heavy atom. The van der Waals surface area contributed by atoms with Gasteiger partial charge >= 0.3 is 0 Å². The molecule has 0 aliphatic rings. The average Bonchev–Trinajstić information content (AvgIpc) is 3.08. The Morgan fingerprint density at radius 2 is 1.89 bits per heavy atom. The molecule has 4 nitrogen and oxygen atoms in total. The molecule has 1 N–H and O–H groups in total. The maximum absolute atomic E-state index is 13.1. The van der Waals surface area contributed by atoms with Gasteiger partial charge in [-0.2, -0.15) is 0 Å². The van der Waals surface area contributed by atoms with Gasteiger partial charge in [-0.1, -0.05) is 12.1 Å². The Kier molecular flexibility index (Phi) is 5.60. The van der Waals surface area contributed by atoms with Gasteiger partial charge in [0.05, 0.1) is 15.2 Å². The zero-order chi connectivity index (χ0) is 19.3. The smallest absolute Gasteiger partial charge is 0.123 e. The van der Waals surface area contributed by atoms with E-state index >= 15 is 0 Å². The van der Waals surface area contributed by atoms with E-state index in [0.717, 1.165) is 39.5 Å². The molecule has 0 aliphatic heterocycles. The Labute approximate surface area is 167 Å². The number of halogens is 1. The van der Waals surface area contributed by atoms with Crippen molar-refractivity contribution in [2.45, 2.75) is 13.5 Å². The lowest BCUT2D eigenvalue weighted by atomic mass is 10.1. The van der Waals surface area contributed by atoms with Crippen molar-refractivity contribution in [3.63, 3.8) is 0 Å². The summed E-state index contributed by atoms with van der Waals surface area (Å²) in [6.07, 6.45) is 3.62. The van der Waals surface area contributed by atoms with Gasteiger partial charge in [0.25, 0.3) is 0 Å². The van der Waals surface area contributed by atoms with Gasteiger partial charge in [0.1, 0.15) is 18.2 Å². The van der Waals surface area contributed by atoms with Crippen molar-refractivity contribution < 1.29 is 9.13 Å². The van der Waals surface area contributed by atoms with Crippen LogP contribution in [0.1, 0.15) is 10.6 Å². The van der Waals surface area contributed by atoms with Crippen LogP contribution in [0.4, 0.5) is 4.39 Å². The molecule has 0 atom stereocenters. The van der Waals surface area contributed by atoms with Gasteiger partial charge in [-0.3, -0.25) is 4.98 Å². The highest BCUT2D eigenvalue weighted by molar-refractivity contribution is 7.18. The monoisotopic (exact) mass is 393 g/mol. The van der Waals surface area contributed by atoms with E-state index in [4.69, 9.17) is 4.74 Å². The second-order valence-corrected chi connectivity index (χ2v) is 7.71. The molecule has 4 aromatic rings. The van der Waals surface area contributed by atoms with Gasteiger partial charge in [0, 0.05) is 37.1 Å². The summed E-state index contributed by atoms with van der Waals surface area (Å²) in [7, 11) is 0. The molecule has 0 saturated heterocycles. The minimum absolute atomic E-state index is 0.237. The van der Waals surface area contributed by atoms with Crippen LogP contribution < -0.4 is 10.1 Å². The van der Waals surface area contributed by atoms with E-state index in [1.54, 1.807) is 29.7 Å². The molecule has 0 radical (unpaired) electrons. The number of ether oxygens (including phenoxy) is 1. The minimum Gasteiger partial charge on any atom is -0.492 e. The number of hydrogen-bond donors (Lipinski definition) is 1. The van der Waals surface area contributed by atoms with Crippen LogP contribution in [0, 0.1) is 12.7 Å². The first-order valence-electron chi connectivity index (χ1n) is 9.08. The molecule has 2 aromatic heterocycles. The van der Waals surface area contributed by atoms with Crippen molar-refractivity contribution in [3.8, 4) is 16.9 Å². The number of thiazole rings is 1. The largest absolute Gasteiger partial charge is 0.492 e. The Bertz CT molecular complexity index is 1080. The zero-order valence-electron chi connectivity index (χ0n) is 15.5. The Morgan fingerprint density at radius 3 is 2.75 bits per heavy atom. The SMILES string of the molecule is Cc1nc2cc(OCCNCc3cncc(-c4ccc(F)cc4)c3)ccc2s1. The van der Waals surface area contributed by atoms with Crippen LogP contribution in [0.5, 0.6) is 5.75 Å². The molecule has 0 amide bonds. The number of hydrogen-bond acceptors (Lipinski definition) is 5. The summed E-state index contributed by atoms with van der Waals surface area (Å²) < 4.78 is 20.1. The standard InChI is InChI=1S/C22H20FN3OS/c1-15-26-21-11-20(6-7-22(21)28-15)27-9-8-24-12-16-10-18(14-25-13-16)17-2-4-19(23)5-3-17/h2-7,10-11,13-14,24H,8-9,12H2,1H3. The number of aryl methyl sites for hydroxylation is 1. The first-order valence-corrected chi connectivity index (χ1v) is 9.89. The Balaban J connectivity index is 1.28. The fourth-order valence-corrected chi connectivity index (χ4v) is 3.78. The number of aromatic nitrogens is 2. The highest BCUT2D eigenvalue weighted by Gasteiger charge is 2.03. The van der Waals surface area contributed by atoms with Gasteiger partial charge in [0.2, 0.25) is 0 Å². The second kappa shape index (κ2) is 8.46. The van der Waals surface area contributed by atoms with Crippen LogP contribution in [0.3, 0.4) is 0 Å². The topological polar surface area (TPSA) is 47.0 Å². The zero-order valence-corrected chi connectivity index (χ0v) is 16.3. The van der Waals surface area contributed by atoms with Crippen LogP contribution in [-0.2, 0) is 6.54 Å². The van der Waals surface area contributed by atoms with E-state index in [1.807, 2.05) is 25.3 Å². The Hall–Kier alpha value is -2.83. The molecule has 0 unspecified atom stereocenters. The molecule has 0 spiro atoms. The molecule has 0 saturated carbocycles. The van der Waals surface area contributed by atoms with Crippen molar-refractivity contribution >= 4 is 21.6 Å². The normalized spacial score (nSPS) is 11.1. The predicted octanol–water partition coefficient (Wildman–Crippen LogP) is 4.97. The third-order valence-electron chi connectivity index (χ3n) is 4.32. The summed E-state index contributed by atoms with van der Waals surface area (Å²) >= 11 is 1.69. The van der Waals surface area contributed by atoms with Crippen molar-refractivity contribution in [2.24, 2.45) is 0 Å². The van der Waals surface area contributed by atoms with Gasteiger partial charge in [-0.25, -0.2) is 9.37 Å². The molecule has 4 rings (SSSR count). The lowest BCUT2D eigenvalue weighted by molar-refractivity contribution is 0.314. The molecule has 6 heteroatoms. The number of nitrogens with zero attached hydrogens (tertiary/aromatic N) is 2. The van der Waals surface area contributed by atoms with E-state index in [9.17, 15) is 4.39 Å². The third-order valence-corrected chi connectivity index (χ3v) is 5.27. The lowest BCUT2D eigenvalue weighted by Crippen LogP contribution is -2.20. The fraction of sp³-hybridized carbons (Fsp3) is 0.182. The van der Waals surface area contributed by atoms with Crippen LogP contribution in [-0.4, -0.2) is 23.1 Å². The lowest BCUT2D eigenvalue weighted by Gasteiger charge is -2.09. The number of rotatable bonds is 7. The van der Waals surface area contributed by atoms with E-state index in [0.29, 0.717) is 13.2 Å².